The molecule has 19 heavy (non-hydrogen) atoms. The van der Waals surface area contributed by atoms with Gasteiger partial charge in [0.2, 0.25) is 0 Å². The Balaban J connectivity index is 2.77. The molecule has 0 saturated carbocycles. The van der Waals surface area contributed by atoms with Crippen LogP contribution in [0.15, 0.2) is 12.1 Å². The van der Waals surface area contributed by atoms with Gasteiger partial charge in [-0.05, 0) is 30.6 Å². The van der Waals surface area contributed by atoms with Crippen molar-refractivity contribution in [1.82, 2.24) is 10.3 Å². The van der Waals surface area contributed by atoms with E-state index in [-0.39, 0.29) is 11.3 Å². The van der Waals surface area contributed by atoms with Crippen LogP contribution in [0.4, 0.5) is 0 Å². The van der Waals surface area contributed by atoms with Crippen LogP contribution in [-0.2, 0) is 5.41 Å². The van der Waals surface area contributed by atoms with Crippen molar-refractivity contribution in [2.45, 2.75) is 32.6 Å². The predicted molar refractivity (Wildman–Crippen MR) is 83.3 cm³/mol. The first-order chi connectivity index (χ1) is 8.84. The summed E-state index contributed by atoms with van der Waals surface area (Å²) in [5.74, 6) is 0.959. The second-order valence-electron chi connectivity index (χ2n) is 5.42. The molecule has 0 bridgehead atoms. The molecule has 1 aromatic heterocycles. The Morgan fingerprint density at radius 2 is 2.11 bits per heavy atom. The number of halogens is 1. The lowest BCUT2D eigenvalue weighted by molar-refractivity contribution is 0.0953. The second-order valence-corrected chi connectivity index (χ2v) is 6.79. The molecule has 0 spiro atoms. The summed E-state index contributed by atoms with van der Waals surface area (Å²) in [6.45, 7) is 6.83. The molecular weight excluding hydrogens is 280 g/mol. The van der Waals surface area contributed by atoms with Crippen LogP contribution in [0.3, 0.4) is 0 Å². The Kier molecular flexibility index (Phi) is 6.14. The Labute approximate surface area is 124 Å². The van der Waals surface area contributed by atoms with Crippen LogP contribution in [0.25, 0.3) is 0 Å². The van der Waals surface area contributed by atoms with E-state index >= 15 is 0 Å². The Bertz CT molecular complexity index is 444. The van der Waals surface area contributed by atoms with Gasteiger partial charge >= 0.3 is 0 Å². The summed E-state index contributed by atoms with van der Waals surface area (Å²) in [5.41, 5.74) is 1.28. The summed E-state index contributed by atoms with van der Waals surface area (Å²) in [7, 11) is 0. The number of carbonyl (C=O) groups is 1. The molecule has 1 aromatic rings. The van der Waals surface area contributed by atoms with E-state index in [0.29, 0.717) is 17.3 Å². The van der Waals surface area contributed by atoms with Crippen molar-refractivity contribution < 1.29 is 4.79 Å². The quantitative estimate of drug-likeness (QED) is 0.668. The number of aromatic nitrogens is 1. The third-order valence-electron chi connectivity index (χ3n) is 2.64. The summed E-state index contributed by atoms with van der Waals surface area (Å²) in [6.07, 6.45) is 3.03. The smallest absolute Gasteiger partial charge is 0.251 e. The maximum absolute atomic E-state index is 12.0. The van der Waals surface area contributed by atoms with Crippen LogP contribution in [0.5, 0.6) is 0 Å². The summed E-state index contributed by atoms with van der Waals surface area (Å²) in [5, 5.41) is 3.26. The van der Waals surface area contributed by atoms with Gasteiger partial charge in [0.1, 0.15) is 5.15 Å². The zero-order valence-electron chi connectivity index (χ0n) is 11.9. The highest BCUT2D eigenvalue weighted by Crippen LogP contribution is 2.23. The van der Waals surface area contributed by atoms with Crippen LogP contribution in [0.1, 0.15) is 43.2 Å². The number of pyridine rings is 1. The monoisotopic (exact) mass is 300 g/mol. The van der Waals surface area contributed by atoms with Gasteiger partial charge in [-0.15, -0.1) is 0 Å². The highest BCUT2D eigenvalue weighted by Gasteiger charge is 2.18. The molecule has 0 saturated heterocycles. The fourth-order valence-corrected chi connectivity index (χ4v) is 2.17. The molecule has 0 aliphatic rings. The minimum Gasteiger partial charge on any atom is -0.352 e. The minimum absolute atomic E-state index is 0.0871. The Morgan fingerprint density at radius 3 is 2.68 bits per heavy atom. The second kappa shape index (κ2) is 7.15. The van der Waals surface area contributed by atoms with Crippen molar-refractivity contribution in [2.24, 2.45) is 0 Å². The van der Waals surface area contributed by atoms with Crippen LogP contribution in [0, 0.1) is 0 Å². The number of nitrogens with one attached hydrogen (secondary N) is 1. The lowest BCUT2D eigenvalue weighted by Gasteiger charge is -2.18. The number of hydrogen-bond acceptors (Lipinski definition) is 3. The van der Waals surface area contributed by atoms with E-state index in [1.807, 2.05) is 26.8 Å². The number of rotatable bonds is 5. The van der Waals surface area contributed by atoms with E-state index in [1.165, 1.54) is 0 Å². The van der Waals surface area contributed by atoms with Gasteiger partial charge in [0.05, 0.1) is 0 Å². The highest BCUT2D eigenvalue weighted by atomic mass is 35.5. The molecule has 0 aromatic carbocycles. The maximum atomic E-state index is 12.0. The van der Waals surface area contributed by atoms with E-state index < -0.39 is 0 Å². The fourth-order valence-electron chi connectivity index (χ4n) is 1.53. The summed E-state index contributed by atoms with van der Waals surface area (Å²) in [4.78, 5) is 16.3. The van der Waals surface area contributed by atoms with Gasteiger partial charge in [-0.25, -0.2) is 4.98 Å². The normalized spacial score (nSPS) is 11.4. The Hall–Kier alpha value is -0.740. The number of thioether (sulfide) groups is 1. The summed E-state index contributed by atoms with van der Waals surface area (Å²) < 4.78 is 0. The van der Waals surface area contributed by atoms with Gasteiger partial charge < -0.3 is 5.32 Å². The van der Waals surface area contributed by atoms with Crippen LogP contribution < -0.4 is 5.32 Å². The summed E-state index contributed by atoms with van der Waals surface area (Å²) in [6, 6.07) is 3.43. The molecule has 1 heterocycles. The van der Waals surface area contributed by atoms with E-state index in [9.17, 15) is 4.79 Å². The molecule has 106 valence electrons. The third-order valence-corrected chi connectivity index (χ3v) is 3.53. The SMILES string of the molecule is CSCCCNC(=O)c1cc(Cl)nc(C(C)(C)C)c1. The number of nitrogens with zero attached hydrogens (tertiary/aromatic N) is 1. The molecule has 3 nitrogen and oxygen atoms in total. The van der Waals surface area contributed by atoms with E-state index in [0.717, 1.165) is 17.9 Å². The van der Waals surface area contributed by atoms with E-state index in [1.54, 1.807) is 17.8 Å². The molecular formula is C14H21ClN2OS. The van der Waals surface area contributed by atoms with Gasteiger partial charge in [0, 0.05) is 23.2 Å². The molecule has 0 fully saturated rings. The van der Waals surface area contributed by atoms with E-state index in [2.05, 4.69) is 16.6 Å². The van der Waals surface area contributed by atoms with Gasteiger partial charge in [0.25, 0.3) is 5.91 Å². The molecule has 1 amide bonds. The molecule has 0 unspecified atom stereocenters. The molecule has 0 radical (unpaired) electrons. The van der Waals surface area contributed by atoms with Crippen molar-refractivity contribution >= 4 is 29.3 Å². The number of amides is 1. The Morgan fingerprint density at radius 1 is 1.42 bits per heavy atom. The van der Waals surface area contributed by atoms with Crippen molar-refractivity contribution in [3.63, 3.8) is 0 Å². The van der Waals surface area contributed by atoms with E-state index in [4.69, 9.17) is 11.6 Å². The van der Waals surface area contributed by atoms with Gasteiger partial charge in [-0.1, -0.05) is 32.4 Å². The average molecular weight is 301 g/mol. The van der Waals surface area contributed by atoms with Crippen molar-refractivity contribution in [3.05, 3.63) is 28.5 Å². The van der Waals surface area contributed by atoms with Gasteiger partial charge in [-0.2, -0.15) is 11.8 Å². The first-order valence-corrected chi connectivity index (χ1v) is 8.07. The topological polar surface area (TPSA) is 42.0 Å². The lowest BCUT2D eigenvalue weighted by Crippen LogP contribution is -2.25. The molecule has 5 heteroatoms. The van der Waals surface area contributed by atoms with Crippen LogP contribution in [-0.4, -0.2) is 29.4 Å². The zero-order valence-corrected chi connectivity index (χ0v) is 13.5. The third kappa shape index (κ3) is 5.41. The predicted octanol–water partition coefficient (Wildman–Crippen LogP) is 3.52. The average Bonchev–Trinajstić information content (AvgIpc) is 2.32. The van der Waals surface area contributed by atoms with Gasteiger partial charge in [0.15, 0.2) is 0 Å². The lowest BCUT2D eigenvalue weighted by atomic mass is 9.91. The number of carbonyl (C=O) groups excluding carboxylic acids is 1. The highest BCUT2D eigenvalue weighted by molar-refractivity contribution is 7.98. The van der Waals surface area contributed by atoms with Crippen LogP contribution >= 0.6 is 23.4 Å². The van der Waals surface area contributed by atoms with Crippen molar-refractivity contribution in [1.29, 1.82) is 0 Å². The minimum atomic E-state index is -0.126. The first kappa shape index (κ1) is 16.3. The first-order valence-electron chi connectivity index (χ1n) is 6.30. The molecule has 0 aliphatic carbocycles. The van der Waals surface area contributed by atoms with Crippen molar-refractivity contribution in [3.8, 4) is 0 Å². The maximum Gasteiger partial charge on any atom is 0.251 e. The van der Waals surface area contributed by atoms with Gasteiger partial charge in [-0.3, -0.25) is 4.79 Å². The molecule has 0 aliphatic heterocycles. The van der Waals surface area contributed by atoms with Crippen molar-refractivity contribution in [2.75, 3.05) is 18.6 Å². The molecule has 1 N–H and O–H groups in total. The van der Waals surface area contributed by atoms with Crippen LogP contribution in [0.2, 0.25) is 5.15 Å². The summed E-state index contributed by atoms with van der Waals surface area (Å²) >= 11 is 7.76. The number of hydrogen-bond donors (Lipinski definition) is 1. The largest absolute Gasteiger partial charge is 0.352 e. The standard InChI is InChI=1S/C14H21ClN2OS/c1-14(2,3)11-8-10(9-12(15)17-11)13(18)16-6-5-7-19-4/h8-9H,5-7H2,1-4H3,(H,16,18). The molecule has 1 rings (SSSR count). The fraction of sp³-hybridized carbons (Fsp3) is 0.571. The molecule has 0 atom stereocenters. The zero-order chi connectivity index (χ0) is 14.5.